The van der Waals surface area contributed by atoms with Gasteiger partial charge in [0.25, 0.3) is 5.91 Å². The number of nitrogens with one attached hydrogen (secondary N) is 4. The number of carbonyl (C=O) groups is 7. The van der Waals surface area contributed by atoms with Crippen molar-refractivity contribution in [2.24, 2.45) is 39.4 Å². The average molecular weight is 701 g/mol. The van der Waals surface area contributed by atoms with Gasteiger partial charge in [0, 0.05) is 32.5 Å². The lowest BCUT2D eigenvalue weighted by Gasteiger charge is -2.41. The number of likely N-dealkylation sites (N-methyl/N-ethyl adjacent to an activating group) is 1. The Kier molecular flexibility index (Phi) is 10.4. The molecule has 4 rings (SSSR count). The molecule has 50 heavy (non-hydrogen) atoms. The topological polar surface area (TPSA) is 174 Å². The normalized spacial score (nSPS) is 29.4. The molecule has 7 atom stereocenters. The lowest BCUT2D eigenvalue weighted by atomic mass is 9.80. The Bertz CT molecular complexity index is 1420. The second-order valence-electron chi connectivity index (χ2n) is 18.6. The zero-order valence-electron chi connectivity index (χ0n) is 32.2. The highest BCUT2D eigenvalue weighted by Gasteiger charge is 2.71. The molecule has 2 saturated heterocycles. The van der Waals surface area contributed by atoms with Crippen LogP contribution in [-0.2, 0) is 28.8 Å². The van der Waals surface area contributed by atoms with E-state index in [1.165, 1.54) is 9.80 Å². The summed E-state index contributed by atoms with van der Waals surface area (Å²) in [6, 6.07) is -3.16. The Morgan fingerprint density at radius 1 is 0.880 bits per heavy atom. The first kappa shape index (κ1) is 39.3. The summed E-state index contributed by atoms with van der Waals surface area (Å²) in [6.07, 6.45) is 1.42. The SMILES string of the molecule is CCNC(=O)C(=O)[C@]1(NC(=O)[C@@H]2[C@@H]3[C@H](CN2C(=O)[C@@H](NC(=O)N[C@H](CN2C(=O)CC(C)(C)CC2=O)C(C)(C)C)C(C)(C)C)C3(C)C)C[C@H]1CC. The fourth-order valence-electron chi connectivity index (χ4n) is 8.14. The van der Waals surface area contributed by atoms with Gasteiger partial charge in [-0.2, -0.15) is 0 Å². The highest BCUT2D eigenvalue weighted by molar-refractivity contribution is 6.41. The molecular formula is C37H60N6O7. The molecule has 0 aromatic rings. The molecule has 0 bridgehead atoms. The van der Waals surface area contributed by atoms with E-state index >= 15 is 0 Å². The van der Waals surface area contributed by atoms with Gasteiger partial charge in [-0.3, -0.25) is 33.7 Å². The number of likely N-dealkylation sites (tertiary alicyclic amines) is 2. The van der Waals surface area contributed by atoms with Crippen molar-refractivity contribution in [3.63, 3.8) is 0 Å². The van der Waals surface area contributed by atoms with Crippen LogP contribution in [0.15, 0.2) is 0 Å². The summed E-state index contributed by atoms with van der Waals surface area (Å²) in [5.74, 6) is -3.12. The number of amides is 7. The monoisotopic (exact) mass is 700 g/mol. The molecule has 0 spiro atoms. The second-order valence-corrected chi connectivity index (χ2v) is 18.6. The van der Waals surface area contributed by atoms with E-state index in [9.17, 15) is 33.6 Å². The minimum Gasteiger partial charge on any atom is -0.350 e. The van der Waals surface area contributed by atoms with Crippen molar-refractivity contribution in [3.05, 3.63) is 0 Å². The quantitative estimate of drug-likeness (QED) is 0.189. The Labute approximate surface area is 297 Å². The smallest absolute Gasteiger partial charge is 0.315 e. The van der Waals surface area contributed by atoms with Gasteiger partial charge in [-0.25, -0.2) is 4.79 Å². The Morgan fingerprint density at radius 2 is 1.46 bits per heavy atom. The van der Waals surface area contributed by atoms with Gasteiger partial charge in [-0.05, 0) is 52.8 Å². The number of nitrogens with zero attached hydrogens (tertiary/aromatic N) is 2. The molecule has 13 nitrogen and oxygen atoms in total. The molecular weight excluding hydrogens is 640 g/mol. The summed E-state index contributed by atoms with van der Waals surface area (Å²) in [5.41, 5.74) is -3.24. The molecule has 13 heteroatoms. The van der Waals surface area contributed by atoms with Gasteiger partial charge in [0.15, 0.2) is 0 Å². The van der Waals surface area contributed by atoms with Gasteiger partial charge in [0.05, 0.1) is 6.04 Å². The highest BCUT2D eigenvalue weighted by Crippen LogP contribution is 2.65. The van der Waals surface area contributed by atoms with Crippen LogP contribution in [0.1, 0.15) is 109 Å². The molecule has 280 valence electrons. The van der Waals surface area contributed by atoms with Crippen molar-refractivity contribution < 1.29 is 33.6 Å². The number of fused-ring (bicyclic) bond motifs is 1. The van der Waals surface area contributed by atoms with Gasteiger partial charge < -0.3 is 26.2 Å². The zero-order valence-corrected chi connectivity index (χ0v) is 32.2. The summed E-state index contributed by atoms with van der Waals surface area (Å²) in [6.45, 7) is 23.3. The van der Waals surface area contributed by atoms with E-state index in [1.54, 1.807) is 6.92 Å². The molecule has 7 amide bonds. The van der Waals surface area contributed by atoms with E-state index in [2.05, 4.69) is 35.1 Å². The molecule has 0 unspecified atom stereocenters. The molecule has 2 aliphatic carbocycles. The standard InChI is InChI=1S/C37H60N6O7/c1-13-20-15-37(20,28(46)30(48)38-14-2)41-29(47)26-25-21(36(25,11)12)18-43(26)31(49)27(34(6,7)8)40-32(50)39-22(33(3,4)5)19-42-23(44)16-35(9,10)17-24(42)45/h20-22,25-27H,13-19H2,1-12H3,(H,38,48)(H,41,47)(H2,39,40,50)/t20-,21+,22-,25+,26+,27-,37+/m1/s1. The van der Waals surface area contributed by atoms with Crippen molar-refractivity contribution in [2.45, 2.75) is 132 Å². The number of piperidine rings is 2. The molecule has 2 aliphatic heterocycles. The molecule has 4 N–H and O–H groups in total. The van der Waals surface area contributed by atoms with Crippen LogP contribution in [-0.4, -0.2) is 94.4 Å². The summed E-state index contributed by atoms with van der Waals surface area (Å²) in [7, 11) is 0. The molecule has 2 heterocycles. The number of imide groups is 1. The van der Waals surface area contributed by atoms with Crippen LogP contribution in [0.4, 0.5) is 4.79 Å². The van der Waals surface area contributed by atoms with Crippen LogP contribution in [0.3, 0.4) is 0 Å². The maximum absolute atomic E-state index is 14.5. The number of hydrogen-bond donors (Lipinski definition) is 4. The van der Waals surface area contributed by atoms with E-state index in [4.69, 9.17) is 0 Å². The number of ketones is 1. The lowest BCUT2D eigenvalue weighted by molar-refractivity contribution is -0.153. The third kappa shape index (κ3) is 7.56. The summed E-state index contributed by atoms with van der Waals surface area (Å²) in [4.78, 5) is 96.9. The number of carbonyl (C=O) groups excluding carboxylic acids is 7. The predicted octanol–water partition coefficient (Wildman–Crippen LogP) is 2.76. The first-order chi connectivity index (χ1) is 22.8. The molecule has 4 fully saturated rings. The van der Waals surface area contributed by atoms with Crippen molar-refractivity contribution in [1.82, 2.24) is 31.1 Å². The maximum Gasteiger partial charge on any atom is 0.315 e. The number of urea groups is 1. The van der Waals surface area contributed by atoms with Crippen molar-refractivity contribution in [1.29, 1.82) is 0 Å². The fourth-order valence-corrected chi connectivity index (χ4v) is 8.14. The zero-order chi connectivity index (χ0) is 37.9. The first-order valence-corrected chi connectivity index (χ1v) is 18.2. The summed E-state index contributed by atoms with van der Waals surface area (Å²) in [5, 5.41) is 11.3. The van der Waals surface area contributed by atoms with Crippen LogP contribution in [0.25, 0.3) is 0 Å². The van der Waals surface area contributed by atoms with E-state index in [1.807, 2.05) is 62.3 Å². The van der Waals surface area contributed by atoms with E-state index in [-0.39, 0.29) is 60.9 Å². The van der Waals surface area contributed by atoms with Gasteiger partial charge in [-0.1, -0.05) is 82.6 Å². The third-order valence-corrected chi connectivity index (χ3v) is 11.6. The van der Waals surface area contributed by atoms with Gasteiger partial charge in [0.1, 0.15) is 17.6 Å². The van der Waals surface area contributed by atoms with Gasteiger partial charge in [0.2, 0.25) is 29.4 Å². The fraction of sp³-hybridized carbons (Fsp3) is 0.811. The molecule has 0 radical (unpaired) electrons. The first-order valence-electron chi connectivity index (χ1n) is 18.2. The molecule has 2 saturated carbocycles. The minimum absolute atomic E-state index is 0.00110. The van der Waals surface area contributed by atoms with Crippen LogP contribution >= 0.6 is 0 Å². The minimum atomic E-state index is -1.30. The van der Waals surface area contributed by atoms with Crippen molar-refractivity contribution in [2.75, 3.05) is 19.6 Å². The largest absolute Gasteiger partial charge is 0.350 e. The Morgan fingerprint density at radius 3 is 1.94 bits per heavy atom. The lowest BCUT2D eigenvalue weighted by Crippen LogP contribution is -2.63. The average Bonchev–Trinajstić information content (AvgIpc) is 3.72. The van der Waals surface area contributed by atoms with E-state index < -0.39 is 69.4 Å². The Hall–Kier alpha value is -3.51. The van der Waals surface area contributed by atoms with Crippen LogP contribution in [0.2, 0.25) is 0 Å². The number of rotatable bonds is 11. The van der Waals surface area contributed by atoms with Crippen LogP contribution in [0, 0.1) is 39.4 Å². The van der Waals surface area contributed by atoms with E-state index in [0.717, 1.165) is 0 Å². The molecule has 0 aromatic heterocycles. The third-order valence-electron chi connectivity index (χ3n) is 11.6. The van der Waals surface area contributed by atoms with Crippen molar-refractivity contribution in [3.8, 4) is 0 Å². The Balaban J connectivity index is 1.54. The summed E-state index contributed by atoms with van der Waals surface area (Å²) >= 11 is 0. The number of Topliss-reactive ketones (excluding diaryl/α,β-unsaturated/α-hetero) is 1. The predicted molar refractivity (Wildman–Crippen MR) is 187 cm³/mol. The summed E-state index contributed by atoms with van der Waals surface area (Å²) < 4.78 is 0. The van der Waals surface area contributed by atoms with Gasteiger partial charge in [-0.15, -0.1) is 0 Å². The van der Waals surface area contributed by atoms with E-state index in [0.29, 0.717) is 19.4 Å². The second kappa shape index (κ2) is 13.2. The molecule has 4 aliphatic rings. The van der Waals surface area contributed by atoms with Crippen LogP contribution < -0.4 is 21.3 Å². The molecule has 0 aromatic carbocycles. The highest BCUT2D eigenvalue weighted by atomic mass is 16.2. The number of hydrogen-bond acceptors (Lipinski definition) is 7. The van der Waals surface area contributed by atoms with Crippen molar-refractivity contribution >= 4 is 41.4 Å². The van der Waals surface area contributed by atoms with Crippen LogP contribution in [0.5, 0.6) is 0 Å². The maximum atomic E-state index is 14.5. The van der Waals surface area contributed by atoms with Gasteiger partial charge >= 0.3 is 6.03 Å².